The summed E-state index contributed by atoms with van der Waals surface area (Å²) in [6.07, 6.45) is 3.64. The van der Waals surface area contributed by atoms with Crippen molar-refractivity contribution in [3.8, 4) is 11.5 Å². The van der Waals surface area contributed by atoms with E-state index in [1.807, 2.05) is 6.92 Å². The Kier molecular flexibility index (Phi) is 9.08. The molecule has 1 aliphatic heterocycles. The lowest BCUT2D eigenvalue weighted by molar-refractivity contribution is 0.347. The Bertz CT molecular complexity index is 787. The summed E-state index contributed by atoms with van der Waals surface area (Å²) >= 11 is 0. The molecule has 0 atom stereocenters. The molecule has 27 heavy (non-hydrogen) atoms. The average Bonchev–Trinajstić information content (AvgIpc) is 2.97. The molecule has 0 amide bonds. The number of ether oxygens (including phenoxy) is 2. The molecule has 3 rings (SSSR count). The number of methoxy groups -OCH3 is 2. The van der Waals surface area contributed by atoms with Crippen LogP contribution in [0.4, 0.5) is 0 Å². The first-order valence-corrected chi connectivity index (χ1v) is 8.63. The molecule has 1 fully saturated rings. The maximum Gasteiger partial charge on any atom is 0.346 e. The summed E-state index contributed by atoms with van der Waals surface area (Å²) in [6.45, 7) is 4.76. The first-order valence-electron chi connectivity index (χ1n) is 8.63. The zero-order valence-corrected chi connectivity index (χ0v) is 17.4. The van der Waals surface area contributed by atoms with Crippen molar-refractivity contribution in [2.24, 2.45) is 0 Å². The van der Waals surface area contributed by atoms with Crippen LogP contribution in [-0.4, -0.2) is 46.6 Å². The second-order valence-corrected chi connectivity index (χ2v) is 6.06. The van der Waals surface area contributed by atoms with Crippen LogP contribution in [0.3, 0.4) is 0 Å². The third-order valence-corrected chi connectivity index (χ3v) is 4.64. The molecule has 152 valence electrons. The summed E-state index contributed by atoms with van der Waals surface area (Å²) in [7, 11) is 3.14. The topological polar surface area (TPSA) is 83.2 Å². The Morgan fingerprint density at radius 3 is 2.52 bits per heavy atom. The number of hydrogen-bond acceptors (Lipinski definition) is 6. The van der Waals surface area contributed by atoms with Crippen molar-refractivity contribution in [2.75, 3.05) is 27.3 Å². The number of pyridine rings is 1. The van der Waals surface area contributed by atoms with E-state index in [2.05, 4.69) is 15.4 Å². The standard InChI is InChI=1S/C17H25N5O3.2ClH/c1-4-21-16(12-5-8-18-9-6-12)20-22(17(21)23)11-13-15(25-3)14(24-2)7-10-19-13;;/h7,10,12,18H,4-6,8-9,11H2,1-3H3;2*1H. The molecule has 2 aromatic rings. The van der Waals surface area contributed by atoms with Gasteiger partial charge in [-0.05, 0) is 32.9 Å². The minimum absolute atomic E-state index is 0. The van der Waals surface area contributed by atoms with Crippen LogP contribution in [0.2, 0.25) is 0 Å². The van der Waals surface area contributed by atoms with Gasteiger partial charge in [-0.2, -0.15) is 5.10 Å². The van der Waals surface area contributed by atoms with Crippen molar-refractivity contribution in [1.29, 1.82) is 0 Å². The molecule has 0 spiro atoms. The van der Waals surface area contributed by atoms with Gasteiger partial charge in [-0.1, -0.05) is 0 Å². The van der Waals surface area contributed by atoms with E-state index in [0.29, 0.717) is 29.7 Å². The van der Waals surface area contributed by atoms with Crippen LogP contribution in [0.5, 0.6) is 11.5 Å². The van der Waals surface area contributed by atoms with Gasteiger partial charge in [0, 0.05) is 24.7 Å². The zero-order valence-electron chi connectivity index (χ0n) is 15.8. The monoisotopic (exact) mass is 419 g/mol. The van der Waals surface area contributed by atoms with E-state index in [0.717, 1.165) is 31.8 Å². The van der Waals surface area contributed by atoms with Gasteiger partial charge in [0.25, 0.3) is 0 Å². The molecule has 0 saturated carbocycles. The summed E-state index contributed by atoms with van der Waals surface area (Å²) in [6, 6.07) is 1.73. The van der Waals surface area contributed by atoms with Crippen molar-refractivity contribution in [3.63, 3.8) is 0 Å². The first kappa shape index (κ1) is 23.3. The van der Waals surface area contributed by atoms with Crippen molar-refractivity contribution >= 4 is 24.8 Å². The van der Waals surface area contributed by atoms with E-state index in [9.17, 15) is 4.79 Å². The van der Waals surface area contributed by atoms with E-state index < -0.39 is 0 Å². The number of hydrogen-bond donors (Lipinski definition) is 1. The lowest BCUT2D eigenvalue weighted by Crippen LogP contribution is -2.29. The SMILES string of the molecule is CCn1c(C2CCNCC2)nn(Cc2nccc(OC)c2OC)c1=O.Cl.Cl. The first-order chi connectivity index (χ1) is 12.2. The average molecular weight is 420 g/mol. The van der Waals surface area contributed by atoms with E-state index in [4.69, 9.17) is 9.47 Å². The summed E-state index contributed by atoms with van der Waals surface area (Å²) in [5, 5.41) is 7.98. The zero-order chi connectivity index (χ0) is 17.8. The Labute approximate surface area is 171 Å². The van der Waals surface area contributed by atoms with Crippen LogP contribution >= 0.6 is 24.8 Å². The molecular weight excluding hydrogens is 393 g/mol. The van der Waals surface area contributed by atoms with Gasteiger partial charge in [-0.15, -0.1) is 24.8 Å². The molecular formula is C17H27Cl2N5O3. The lowest BCUT2D eigenvalue weighted by atomic mass is 9.97. The third-order valence-electron chi connectivity index (χ3n) is 4.64. The predicted molar refractivity (Wildman–Crippen MR) is 108 cm³/mol. The number of piperidine rings is 1. The smallest absolute Gasteiger partial charge is 0.346 e. The molecule has 0 unspecified atom stereocenters. The van der Waals surface area contributed by atoms with Crippen LogP contribution in [0, 0.1) is 0 Å². The Morgan fingerprint density at radius 2 is 1.93 bits per heavy atom. The number of nitrogens with zero attached hydrogens (tertiary/aromatic N) is 4. The predicted octanol–water partition coefficient (Wildman–Crippen LogP) is 1.84. The second kappa shape index (κ2) is 10.5. The van der Waals surface area contributed by atoms with Gasteiger partial charge < -0.3 is 14.8 Å². The molecule has 1 saturated heterocycles. The summed E-state index contributed by atoms with van der Waals surface area (Å²) < 4.78 is 14.0. The van der Waals surface area contributed by atoms with Gasteiger partial charge in [-0.25, -0.2) is 9.48 Å². The fraction of sp³-hybridized carbons (Fsp3) is 0.588. The minimum Gasteiger partial charge on any atom is -0.493 e. The Balaban J connectivity index is 0.00000182. The minimum atomic E-state index is -0.109. The molecule has 0 aromatic carbocycles. The number of rotatable bonds is 6. The van der Waals surface area contributed by atoms with Gasteiger partial charge in [0.05, 0.1) is 20.8 Å². The molecule has 2 aromatic heterocycles. The maximum absolute atomic E-state index is 12.8. The van der Waals surface area contributed by atoms with Crippen molar-refractivity contribution in [1.82, 2.24) is 24.6 Å². The van der Waals surface area contributed by atoms with Gasteiger partial charge >= 0.3 is 5.69 Å². The molecule has 8 nitrogen and oxygen atoms in total. The van der Waals surface area contributed by atoms with Crippen LogP contribution in [-0.2, 0) is 13.1 Å². The maximum atomic E-state index is 12.8. The number of aromatic nitrogens is 4. The number of halogens is 2. The number of nitrogens with one attached hydrogen (secondary N) is 1. The molecule has 0 bridgehead atoms. The van der Waals surface area contributed by atoms with Crippen LogP contribution in [0.15, 0.2) is 17.1 Å². The van der Waals surface area contributed by atoms with E-state index in [-0.39, 0.29) is 37.0 Å². The van der Waals surface area contributed by atoms with Crippen LogP contribution in [0.25, 0.3) is 0 Å². The van der Waals surface area contributed by atoms with Gasteiger partial charge in [-0.3, -0.25) is 9.55 Å². The highest BCUT2D eigenvalue weighted by Gasteiger charge is 2.24. The summed E-state index contributed by atoms with van der Waals surface area (Å²) in [5.41, 5.74) is 0.518. The largest absolute Gasteiger partial charge is 0.493 e. The molecule has 0 aliphatic carbocycles. The summed E-state index contributed by atoms with van der Waals surface area (Å²) in [5.74, 6) is 2.31. The van der Waals surface area contributed by atoms with E-state index in [1.54, 1.807) is 31.0 Å². The van der Waals surface area contributed by atoms with E-state index >= 15 is 0 Å². The van der Waals surface area contributed by atoms with Crippen molar-refractivity contribution in [2.45, 2.75) is 38.8 Å². The van der Waals surface area contributed by atoms with Gasteiger partial charge in [0.1, 0.15) is 11.5 Å². The van der Waals surface area contributed by atoms with Gasteiger partial charge in [0.15, 0.2) is 11.5 Å². The Morgan fingerprint density at radius 1 is 1.22 bits per heavy atom. The molecule has 1 aliphatic rings. The third kappa shape index (κ3) is 4.75. The second-order valence-electron chi connectivity index (χ2n) is 6.06. The highest BCUT2D eigenvalue weighted by molar-refractivity contribution is 5.85. The molecule has 3 heterocycles. The Hall–Kier alpha value is -1.77. The quantitative estimate of drug-likeness (QED) is 0.768. The molecule has 1 N–H and O–H groups in total. The highest BCUT2D eigenvalue weighted by Crippen LogP contribution is 2.29. The van der Waals surface area contributed by atoms with E-state index in [1.165, 1.54) is 4.68 Å². The normalized spacial score (nSPS) is 14.2. The van der Waals surface area contributed by atoms with Crippen molar-refractivity contribution in [3.05, 3.63) is 34.3 Å². The van der Waals surface area contributed by atoms with Crippen LogP contribution < -0.4 is 20.5 Å². The van der Waals surface area contributed by atoms with Gasteiger partial charge in [0.2, 0.25) is 0 Å². The highest BCUT2D eigenvalue weighted by atomic mass is 35.5. The molecule has 0 radical (unpaired) electrons. The fourth-order valence-corrected chi connectivity index (χ4v) is 3.35. The lowest BCUT2D eigenvalue weighted by Gasteiger charge is -2.21. The van der Waals surface area contributed by atoms with Crippen molar-refractivity contribution < 1.29 is 9.47 Å². The molecule has 10 heteroatoms. The summed E-state index contributed by atoms with van der Waals surface area (Å²) in [4.78, 5) is 17.1. The van der Waals surface area contributed by atoms with Crippen LogP contribution in [0.1, 0.15) is 37.2 Å². The fourth-order valence-electron chi connectivity index (χ4n) is 3.35.